The Hall–Kier alpha value is -9.92. The summed E-state index contributed by atoms with van der Waals surface area (Å²) in [5.41, 5.74) is 20.3. The number of ether oxygens (including phenoxy) is 2. The molecule has 0 bridgehead atoms. The Kier molecular flexibility index (Phi) is 7.96. The summed E-state index contributed by atoms with van der Waals surface area (Å²) in [5.74, 6) is 3.29. The topological polar surface area (TPSA) is 38.0 Å². The first-order valence-corrected chi connectivity index (χ1v) is 25.3. The lowest BCUT2D eigenvalue weighted by molar-refractivity contribution is 0.477. The number of hydrogen-bond donors (Lipinski definition) is 0. The highest BCUT2D eigenvalue weighted by Gasteiger charge is 2.43. The maximum Gasteiger partial charge on any atom is 0.252 e. The molecule has 0 radical (unpaired) electrons. The normalized spacial score (nSPS) is 13.5. The van der Waals surface area contributed by atoms with Crippen LogP contribution in [0.3, 0.4) is 0 Å². The summed E-state index contributed by atoms with van der Waals surface area (Å²) in [4.78, 5) is 7.25. The van der Waals surface area contributed by atoms with E-state index in [0.717, 1.165) is 90.8 Å². The first-order chi connectivity index (χ1) is 36.7. The van der Waals surface area contributed by atoms with Crippen molar-refractivity contribution < 1.29 is 9.47 Å². The lowest BCUT2D eigenvalue weighted by Gasteiger charge is -2.41. The fraction of sp³-hybridized carbons (Fsp3) is 0. The molecule has 8 heteroatoms. The average molecular weight is 946 g/mol. The molecule has 7 nitrogen and oxygen atoms in total. The van der Waals surface area contributed by atoms with Crippen molar-refractivity contribution >= 4 is 118 Å². The van der Waals surface area contributed by atoms with Crippen molar-refractivity contribution in [3.63, 3.8) is 0 Å². The summed E-state index contributed by atoms with van der Waals surface area (Å²) >= 11 is 0. The van der Waals surface area contributed by atoms with Crippen LogP contribution in [0.2, 0.25) is 0 Å². The van der Waals surface area contributed by atoms with E-state index in [1.165, 1.54) is 54.8 Å². The minimum Gasteiger partial charge on any atom is -0.453 e. The van der Waals surface area contributed by atoms with Gasteiger partial charge in [-0.05, 0) is 144 Å². The molecule has 0 amide bonds. The van der Waals surface area contributed by atoms with E-state index >= 15 is 0 Å². The second-order valence-corrected chi connectivity index (χ2v) is 19.6. The van der Waals surface area contributed by atoms with Crippen molar-refractivity contribution in [2.45, 2.75) is 0 Å². The molecule has 344 valence electrons. The van der Waals surface area contributed by atoms with Gasteiger partial charge in [-0.3, -0.25) is 0 Å². The first kappa shape index (κ1) is 39.8. The standard InChI is InChI=1S/C66H40BN5O2/c1-2-17-41(18-3-1)68-58-27-16-28-59-65(58)67(49-35-33-43(40-60(49)68)69-51-21-6-4-19-45(51)46-20-5-7-22-52(46)69)50-39-44(71-56-25-10-14-31-63(56)74-64-32-15-11-26-57(64)71)38-48-47-37-42(34-36-53(47)72(59)66(48)50)70-54-23-8-12-29-61(54)73-62-30-13-9-24-55(62)70/h1-40H. The van der Waals surface area contributed by atoms with Crippen LogP contribution in [0.15, 0.2) is 243 Å². The van der Waals surface area contributed by atoms with Gasteiger partial charge in [0.05, 0.1) is 39.3 Å². The van der Waals surface area contributed by atoms with Gasteiger partial charge in [-0.15, -0.1) is 0 Å². The van der Waals surface area contributed by atoms with E-state index in [2.05, 4.69) is 254 Å². The van der Waals surface area contributed by atoms with E-state index in [0.29, 0.717) is 0 Å². The zero-order valence-electron chi connectivity index (χ0n) is 39.7. The third-order valence-corrected chi connectivity index (χ3v) is 15.8. The van der Waals surface area contributed by atoms with Gasteiger partial charge in [-0.2, -0.15) is 0 Å². The highest BCUT2D eigenvalue weighted by atomic mass is 16.5. The van der Waals surface area contributed by atoms with Crippen LogP contribution in [-0.4, -0.2) is 15.8 Å². The summed E-state index contributed by atoms with van der Waals surface area (Å²) in [7, 11) is 0. The zero-order chi connectivity index (χ0) is 48.2. The number of nitrogens with zero attached hydrogens (tertiary/aromatic N) is 5. The van der Waals surface area contributed by atoms with E-state index in [1.54, 1.807) is 0 Å². The molecular formula is C66H40BN5O2. The average Bonchev–Trinajstić information content (AvgIpc) is 4.07. The molecule has 0 spiro atoms. The second-order valence-electron chi connectivity index (χ2n) is 19.6. The number of anilines is 9. The van der Waals surface area contributed by atoms with E-state index in [1.807, 2.05) is 12.1 Å². The molecule has 0 N–H and O–H groups in total. The van der Waals surface area contributed by atoms with Gasteiger partial charge in [0, 0.05) is 66.9 Å². The lowest BCUT2D eigenvalue weighted by atomic mass is 9.33. The monoisotopic (exact) mass is 945 g/mol. The van der Waals surface area contributed by atoms with Gasteiger partial charge in [0.15, 0.2) is 23.0 Å². The molecule has 0 atom stereocenters. The summed E-state index contributed by atoms with van der Waals surface area (Å²) in [6.07, 6.45) is 0. The van der Waals surface area contributed by atoms with Crippen LogP contribution in [0.25, 0.3) is 55.0 Å². The van der Waals surface area contributed by atoms with Gasteiger partial charge in [-0.1, -0.05) is 115 Å². The SMILES string of the molecule is c1ccc(N2c3cc(-n4c5ccccc5c5ccccc54)ccc3B3c4c2cccc4-n2c4ccc(N5c6ccccc6Oc6ccccc65)cc4c4cc(N5c6ccccc6Oc6ccccc65)cc3c42)cc1. The number of rotatable bonds is 4. The van der Waals surface area contributed by atoms with Crippen LogP contribution < -0.4 is 40.6 Å². The van der Waals surface area contributed by atoms with Crippen molar-refractivity contribution in [1.29, 1.82) is 0 Å². The van der Waals surface area contributed by atoms with Crippen molar-refractivity contribution in [1.82, 2.24) is 9.13 Å². The fourth-order valence-electron chi connectivity index (χ4n) is 12.9. The maximum atomic E-state index is 6.64. The number of aromatic nitrogens is 2. The molecule has 2 aromatic heterocycles. The molecule has 11 aromatic carbocycles. The van der Waals surface area contributed by atoms with E-state index in [-0.39, 0.29) is 6.71 Å². The Morgan fingerprint density at radius 2 is 0.757 bits per heavy atom. The van der Waals surface area contributed by atoms with Crippen LogP contribution in [-0.2, 0) is 0 Å². The van der Waals surface area contributed by atoms with Gasteiger partial charge < -0.3 is 33.3 Å². The van der Waals surface area contributed by atoms with Crippen LogP contribution in [0.5, 0.6) is 23.0 Å². The van der Waals surface area contributed by atoms with Gasteiger partial charge in [0.2, 0.25) is 0 Å². The number of hydrogen-bond acceptors (Lipinski definition) is 5. The minimum absolute atomic E-state index is 0.119. The molecule has 13 aromatic rings. The van der Waals surface area contributed by atoms with Crippen LogP contribution in [0, 0.1) is 0 Å². The van der Waals surface area contributed by atoms with Crippen molar-refractivity contribution in [3.05, 3.63) is 243 Å². The van der Waals surface area contributed by atoms with Crippen molar-refractivity contribution in [3.8, 4) is 34.4 Å². The summed E-state index contributed by atoms with van der Waals surface area (Å²) in [5, 5.41) is 4.82. The largest absolute Gasteiger partial charge is 0.453 e. The van der Waals surface area contributed by atoms with E-state index in [4.69, 9.17) is 9.47 Å². The fourth-order valence-corrected chi connectivity index (χ4v) is 12.9. The predicted molar refractivity (Wildman–Crippen MR) is 304 cm³/mol. The zero-order valence-corrected chi connectivity index (χ0v) is 39.7. The minimum atomic E-state index is -0.119. The molecular weight excluding hydrogens is 906 g/mol. The van der Waals surface area contributed by atoms with E-state index in [9.17, 15) is 0 Å². The molecule has 6 heterocycles. The first-order valence-electron chi connectivity index (χ1n) is 25.3. The molecule has 4 aliphatic rings. The molecule has 17 rings (SSSR count). The summed E-state index contributed by atoms with van der Waals surface area (Å²) in [6, 6.07) is 87.9. The van der Waals surface area contributed by atoms with Gasteiger partial charge in [-0.25, -0.2) is 0 Å². The Morgan fingerprint density at radius 3 is 1.39 bits per heavy atom. The molecule has 0 fully saturated rings. The Balaban J connectivity index is 0.978. The summed E-state index contributed by atoms with van der Waals surface area (Å²) < 4.78 is 18.1. The number of fused-ring (bicyclic) bond motifs is 14. The van der Waals surface area contributed by atoms with Crippen LogP contribution in [0.4, 0.5) is 51.2 Å². The Morgan fingerprint density at radius 1 is 0.270 bits per heavy atom. The second kappa shape index (κ2) is 14.8. The van der Waals surface area contributed by atoms with E-state index < -0.39 is 0 Å². The molecule has 0 saturated heterocycles. The maximum absolute atomic E-state index is 6.64. The van der Waals surface area contributed by atoms with Gasteiger partial charge in [0.25, 0.3) is 6.71 Å². The number of benzene rings is 11. The Labute approximate surface area is 426 Å². The lowest BCUT2D eigenvalue weighted by Crippen LogP contribution is -2.60. The molecule has 0 saturated carbocycles. The van der Waals surface area contributed by atoms with Crippen molar-refractivity contribution in [2.24, 2.45) is 0 Å². The highest BCUT2D eigenvalue weighted by Crippen LogP contribution is 2.54. The third-order valence-electron chi connectivity index (χ3n) is 15.8. The van der Waals surface area contributed by atoms with Crippen molar-refractivity contribution in [2.75, 3.05) is 14.7 Å². The summed E-state index contributed by atoms with van der Waals surface area (Å²) in [6.45, 7) is -0.119. The smallest absolute Gasteiger partial charge is 0.252 e. The molecule has 0 unspecified atom stereocenters. The van der Waals surface area contributed by atoms with Gasteiger partial charge in [0.1, 0.15) is 0 Å². The van der Waals surface area contributed by atoms with Gasteiger partial charge >= 0.3 is 0 Å². The highest BCUT2D eigenvalue weighted by molar-refractivity contribution is 7.00. The predicted octanol–water partition coefficient (Wildman–Crippen LogP) is 15.6. The third kappa shape index (κ3) is 5.35. The van der Waals surface area contributed by atoms with Crippen LogP contribution in [0.1, 0.15) is 0 Å². The van der Waals surface area contributed by atoms with Crippen LogP contribution >= 0.6 is 0 Å². The quantitative estimate of drug-likeness (QED) is 0.164. The molecule has 0 aliphatic carbocycles. The number of para-hydroxylation sites is 11. The molecule has 74 heavy (non-hydrogen) atoms. The Bertz CT molecular complexity index is 4410. The molecule has 4 aliphatic heterocycles.